The molecular formula is C23H29NO3. The van der Waals surface area contributed by atoms with Gasteiger partial charge in [0.1, 0.15) is 5.75 Å². The molecule has 0 aliphatic heterocycles. The highest BCUT2D eigenvalue weighted by Gasteiger charge is 2.30. The van der Waals surface area contributed by atoms with E-state index in [1.807, 2.05) is 6.07 Å². The number of anilines is 1. The summed E-state index contributed by atoms with van der Waals surface area (Å²) in [4.78, 5) is 14.0. The predicted molar refractivity (Wildman–Crippen MR) is 109 cm³/mol. The van der Waals surface area contributed by atoms with Gasteiger partial charge in [0, 0.05) is 19.8 Å². The van der Waals surface area contributed by atoms with E-state index in [4.69, 9.17) is 4.74 Å². The van der Waals surface area contributed by atoms with Gasteiger partial charge in [0.15, 0.2) is 0 Å². The zero-order valence-corrected chi connectivity index (χ0v) is 16.4. The van der Waals surface area contributed by atoms with Gasteiger partial charge in [-0.3, -0.25) is 0 Å². The minimum absolute atomic E-state index is 0.246. The van der Waals surface area contributed by atoms with E-state index in [2.05, 4.69) is 43.3 Å². The van der Waals surface area contributed by atoms with Crippen LogP contribution in [-0.2, 0) is 6.42 Å². The van der Waals surface area contributed by atoms with Crippen molar-refractivity contribution in [1.29, 1.82) is 0 Å². The highest BCUT2D eigenvalue weighted by molar-refractivity contribution is 5.90. The molecule has 2 unspecified atom stereocenters. The summed E-state index contributed by atoms with van der Waals surface area (Å²) in [5.74, 6) is 0.555. The maximum absolute atomic E-state index is 11.8. The van der Waals surface area contributed by atoms with Crippen molar-refractivity contribution < 1.29 is 14.6 Å². The molecule has 3 rings (SSSR count). The highest BCUT2D eigenvalue weighted by atomic mass is 16.5. The second kappa shape index (κ2) is 8.47. The van der Waals surface area contributed by atoms with Crippen molar-refractivity contribution in [2.45, 2.75) is 38.0 Å². The summed E-state index contributed by atoms with van der Waals surface area (Å²) in [6.45, 7) is 0. The Morgan fingerprint density at radius 2 is 1.89 bits per heavy atom. The smallest absolute Gasteiger partial charge is 0.335 e. The average Bonchev–Trinajstić information content (AvgIpc) is 2.68. The first-order valence-electron chi connectivity index (χ1n) is 9.67. The van der Waals surface area contributed by atoms with E-state index in [1.165, 1.54) is 17.7 Å². The molecule has 2 aromatic rings. The minimum atomic E-state index is -0.856. The predicted octanol–water partition coefficient (Wildman–Crippen LogP) is 4.98. The number of aromatic carboxylic acids is 1. The number of hydrogen-bond donors (Lipinski definition) is 1. The number of carbonyl (C=O) groups is 1. The van der Waals surface area contributed by atoms with Crippen LogP contribution in [0.15, 0.2) is 42.5 Å². The molecule has 0 bridgehead atoms. The molecule has 0 radical (unpaired) electrons. The Hall–Kier alpha value is -2.49. The molecular weight excluding hydrogens is 338 g/mol. The Kier molecular flexibility index (Phi) is 6.04. The molecule has 0 amide bonds. The van der Waals surface area contributed by atoms with Crippen LogP contribution in [0.3, 0.4) is 0 Å². The van der Waals surface area contributed by atoms with Crippen molar-refractivity contribution >= 4 is 11.7 Å². The Balaban J connectivity index is 1.96. The molecule has 2 aromatic carbocycles. The van der Waals surface area contributed by atoms with E-state index in [1.54, 1.807) is 19.2 Å². The zero-order chi connectivity index (χ0) is 19.4. The van der Waals surface area contributed by atoms with Gasteiger partial charge in [0.2, 0.25) is 0 Å². The number of benzene rings is 2. The van der Waals surface area contributed by atoms with Crippen LogP contribution in [0.5, 0.6) is 5.75 Å². The molecule has 4 nitrogen and oxygen atoms in total. The molecule has 1 aliphatic carbocycles. The van der Waals surface area contributed by atoms with Crippen molar-refractivity contribution in [2.75, 3.05) is 26.1 Å². The van der Waals surface area contributed by atoms with Crippen LogP contribution in [0, 0.1) is 5.92 Å². The van der Waals surface area contributed by atoms with E-state index in [-0.39, 0.29) is 5.92 Å². The number of hydrogen-bond acceptors (Lipinski definition) is 3. The van der Waals surface area contributed by atoms with Crippen molar-refractivity contribution in [1.82, 2.24) is 0 Å². The fourth-order valence-corrected chi connectivity index (χ4v) is 4.43. The molecule has 4 heteroatoms. The molecule has 1 saturated carbocycles. The third kappa shape index (κ3) is 4.26. The van der Waals surface area contributed by atoms with Gasteiger partial charge in [0.25, 0.3) is 0 Å². The normalized spacial score (nSPS) is 19.5. The molecule has 1 aliphatic rings. The van der Waals surface area contributed by atoms with Crippen LogP contribution < -0.4 is 9.64 Å². The quantitative estimate of drug-likeness (QED) is 0.783. The molecule has 1 fully saturated rings. The molecule has 144 valence electrons. The van der Waals surface area contributed by atoms with Crippen LogP contribution in [0.1, 0.15) is 53.1 Å². The lowest BCUT2D eigenvalue weighted by molar-refractivity contribution is 0.0694. The van der Waals surface area contributed by atoms with Crippen LogP contribution in [-0.4, -0.2) is 32.3 Å². The summed E-state index contributed by atoms with van der Waals surface area (Å²) in [6.07, 6.45) is 5.48. The molecule has 0 heterocycles. The van der Waals surface area contributed by atoms with Gasteiger partial charge >= 0.3 is 5.97 Å². The second-order valence-electron chi connectivity index (χ2n) is 7.64. The first-order chi connectivity index (χ1) is 13.0. The van der Waals surface area contributed by atoms with Gasteiger partial charge < -0.3 is 14.7 Å². The van der Waals surface area contributed by atoms with Gasteiger partial charge in [-0.15, -0.1) is 0 Å². The number of ether oxygens (including phenoxy) is 1. The summed E-state index contributed by atoms with van der Waals surface area (Å²) in [5, 5.41) is 9.71. The minimum Gasteiger partial charge on any atom is -0.497 e. The number of carboxylic acids is 1. The molecule has 27 heavy (non-hydrogen) atoms. The van der Waals surface area contributed by atoms with Crippen LogP contribution >= 0.6 is 0 Å². The number of nitrogens with zero attached hydrogens (tertiary/aromatic N) is 1. The first kappa shape index (κ1) is 19.3. The average molecular weight is 367 g/mol. The Morgan fingerprint density at radius 1 is 1.15 bits per heavy atom. The second-order valence-corrected chi connectivity index (χ2v) is 7.64. The lowest BCUT2D eigenvalue weighted by Crippen LogP contribution is -2.23. The van der Waals surface area contributed by atoms with E-state index in [0.29, 0.717) is 11.5 Å². The standard InChI is InChI=1S/C23H29NO3/c1-24(2)22-11-7-5-9-17(22)14-16-8-4-6-10-19(16)21-15-18(27-3)12-13-20(21)23(25)26/h5,7,9,11-13,15-16,19H,4,6,8,10,14H2,1-3H3,(H,25,26). The van der Waals surface area contributed by atoms with E-state index < -0.39 is 5.97 Å². The number of methoxy groups -OCH3 is 1. The van der Waals surface area contributed by atoms with E-state index in [9.17, 15) is 9.90 Å². The van der Waals surface area contributed by atoms with Crippen molar-refractivity contribution in [3.63, 3.8) is 0 Å². The van der Waals surface area contributed by atoms with Gasteiger partial charge in [-0.1, -0.05) is 31.0 Å². The first-order valence-corrected chi connectivity index (χ1v) is 9.67. The summed E-state index contributed by atoms with van der Waals surface area (Å²) in [6, 6.07) is 13.9. The summed E-state index contributed by atoms with van der Waals surface area (Å²) in [5.41, 5.74) is 3.91. The third-order valence-electron chi connectivity index (χ3n) is 5.75. The maximum Gasteiger partial charge on any atom is 0.335 e. The van der Waals surface area contributed by atoms with E-state index in [0.717, 1.165) is 37.0 Å². The molecule has 0 spiro atoms. The van der Waals surface area contributed by atoms with Gasteiger partial charge in [-0.25, -0.2) is 4.79 Å². The largest absolute Gasteiger partial charge is 0.497 e. The maximum atomic E-state index is 11.8. The highest BCUT2D eigenvalue weighted by Crippen LogP contribution is 2.42. The zero-order valence-electron chi connectivity index (χ0n) is 16.4. The fraction of sp³-hybridized carbons (Fsp3) is 0.435. The summed E-state index contributed by atoms with van der Waals surface area (Å²) in [7, 11) is 5.77. The van der Waals surface area contributed by atoms with E-state index >= 15 is 0 Å². The van der Waals surface area contributed by atoms with Gasteiger partial charge in [-0.05, 0) is 66.5 Å². The Morgan fingerprint density at radius 3 is 2.59 bits per heavy atom. The topological polar surface area (TPSA) is 49.8 Å². The monoisotopic (exact) mass is 367 g/mol. The summed E-state index contributed by atoms with van der Waals surface area (Å²) >= 11 is 0. The van der Waals surface area contributed by atoms with Crippen molar-refractivity contribution in [2.24, 2.45) is 5.92 Å². The lowest BCUT2D eigenvalue weighted by atomic mass is 9.71. The van der Waals surface area contributed by atoms with Crippen molar-refractivity contribution in [3.05, 3.63) is 59.2 Å². The number of rotatable bonds is 6. The fourth-order valence-electron chi connectivity index (χ4n) is 4.43. The Bertz CT molecular complexity index is 800. The number of para-hydroxylation sites is 1. The molecule has 1 N–H and O–H groups in total. The van der Waals surface area contributed by atoms with Crippen LogP contribution in [0.4, 0.5) is 5.69 Å². The van der Waals surface area contributed by atoms with Gasteiger partial charge in [-0.2, -0.15) is 0 Å². The summed E-state index contributed by atoms with van der Waals surface area (Å²) < 4.78 is 5.38. The molecule has 0 aromatic heterocycles. The van der Waals surface area contributed by atoms with Gasteiger partial charge in [0.05, 0.1) is 12.7 Å². The lowest BCUT2D eigenvalue weighted by Gasteiger charge is -2.34. The third-order valence-corrected chi connectivity index (χ3v) is 5.75. The SMILES string of the molecule is COc1ccc(C(=O)O)c(C2CCCCC2Cc2ccccc2N(C)C)c1. The van der Waals surface area contributed by atoms with Crippen LogP contribution in [0.2, 0.25) is 0 Å². The molecule has 2 atom stereocenters. The molecule has 0 saturated heterocycles. The van der Waals surface area contributed by atoms with Crippen molar-refractivity contribution in [3.8, 4) is 5.75 Å². The number of carboxylic acid groups (broad SMARTS) is 1. The Labute approximate surface area is 161 Å². The van der Waals surface area contributed by atoms with Crippen LogP contribution in [0.25, 0.3) is 0 Å².